The monoisotopic (exact) mass is 589 g/mol. The van der Waals surface area contributed by atoms with E-state index in [1.807, 2.05) is 47.3 Å². The van der Waals surface area contributed by atoms with Crippen molar-refractivity contribution < 1.29 is 28.4 Å². The fraction of sp³-hybridized carbons (Fsp3) is 0.472. The summed E-state index contributed by atoms with van der Waals surface area (Å²) in [6, 6.07) is 11.0. The van der Waals surface area contributed by atoms with Crippen LogP contribution >= 0.6 is 0 Å². The molecule has 43 heavy (non-hydrogen) atoms. The van der Waals surface area contributed by atoms with Crippen LogP contribution in [0.3, 0.4) is 0 Å². The van der Waals surface area contributed by atoms with Gasteiger partial charge in [-0.2, -0.15) is 0 Å². The molecule has 1 saturated carbocycles. The first-order chi connectivity index (χ1) is 20.6. The fourth-order valence-electron chi connectivity index (χ4n) is 5.22. The van der Waals surface area contributed by atoms with E-state index in [9.17, 15) is 9.59 Å². The van der Waals surface area contributed by atoms with Crippen molar-refractivity contribution in [2.75, 3.05) is 25.6 Å². The summed E-state index contributed by atoms with van der Waals surface area (Å²) >= 11 is 0. The van der Waals surface area contributed by atoms with E-state index in [-0.39, 0.29) is 17.6 Å². The Labute approximate surface area is 257 Å². The lowest BCUT2D eigenvalue weighted by molar-refractivity contribution is -0.697. The van der Waals surface area contributed by atoms with Gasteiger partial charge in [-0.3, -0.25) is 4.79 Å². The van der Waals surface area contributed by atoms with Crippen LogP contribution < -0.4 is 14.2 Å². The molecular weight excluding hydrogens is 540 g/mol. The largest absolute Gasteiger partial charge is 0.487 e. The van der Waals surface area contributed by atoms with Gasteiger partial charge in [0, 0.05) is 31.9 Å². The quantitative estimate of drug-likeness (QED) is 0.0980. The molecule has 1 aliphatic rings. The zero-order valence-corrected chi connectivity index (χ0v) is 26.9. The molecule has 0 bridgehead atoms. The highest BCUT2D eigenvalue weighted by Gasteiger charge is 2.28. The van der Waals surface area contributed by atoms with Gasteiger partial charge in [0.25, 0.3) is 0 Å². The van der Waals surface area contributed by atoms with E-state index < -0.39 is 5.97 Å². The maximum Gasteiger partial charge on any atom is 0.343 e. The second-order valence-electron chi connectivity index (χ2n) is 11.6. The van der Waals surface area contributed by atoms with Crippen LogP contribution in [0.5, 0.6) is 5.75 Å². The number of esters is 2. The average molecular weight is 590 g/mol. The van der Waals surface area contributed by atoms with Gasteiger partial charge in [-0.15, -0.1) is 0 Å². The Balaban J connectivity index is 1.49. The minimum absolute atomic E-state index is 0.0673. The average Bonchev–Trinajstić information content (AvgIpc) is 3.02. The lowest BCUT2D eigenvalue weighted by atomic mass is 9.80. The number of carbonyl (C=O) groups excluding carboxylic acids is 2. The molecular formula is C36H49N2O5+. The SMILES string of the molecule is C=C(OC(=O)c1ccc(OCC[n+]2ccc(N(C)C)cc2)cc1)/C(C)=C(C)\C(=C/C)OC(=O)C1CCC(CCCC)CC1. The first kappa shape index (κ1) is 33.6. The van der Waals surface area contributed by atoms with Gasteiger partial charge in [-0.25, -0.2) is 9.36 Å². The Morgan fingerprint density at radius 1 is 0.977 bits per heavy atom. The maximum atomic E-state index is 12.9. The van der Waals surface area contributed by atoms with Crippen LogP contribution in [0, 0.1) is 11.8 Å². The Bertz CT molecular complexity index is 1280. The molecule has 0 radical (unpaired) electrons. The van der Waals surface area contributed by atoms with Crippen molar-refractivity contribution in [3.63, 3.8) is 0 Å². The van der Waals surface area contributed by atoms with E-state index in [0.29, 0.717) is 41.4 Å². The number of nitrogens with zero attached hydrogens (tertiary/aromatic N) is 2. The first-order valence-corrected chi connectivity index (χ1v) is 15.5. The van der Waals surface area contributed by atoms with Crippen molar-refractivity contribution in [2.45, 2.75) is 79.2 Å². The molecule has 3 rings (SSSR count). The molecule has 7 heteroatoms. The Morgan fingerprint density at radius 2 is 1.63 bits per heavy atom. The predicted molar refractivity (Wildman–Crippen MR) is 171 cm³/mol. The molecule has 0 N–H and O–H groups in total. The second kappa shape index (κ2) is 16.7. The molecule has 1 heterocycles. The summed E-state index contributed by atoms with van der Waals surface area (Å²) in [5.74, 6) is 1.32. The molecule has 1 aliphatic carbocycles. The van der Waals surface area contributed by atoms with Crippen LogP contribution in [0.1, 0.15) is 83.0 Å². The third kappa shape index (κ3) is 10.1. The van der Waals surface area contributed by atoms with E-state index in [0.717, 1.165) is 37.3 Å². The minimum atomic E-state index is -0.515. The number of hydrogen-bond acceptors (Lipinski definition) is 6. The summed E-state index contributed by atoms with van der Waals surface area (Å²) in [7, 11) is 4.02. The van der Waals surface area contributed by atoms with E-state index in [1.54, 1.807) is 30.3 Å². The number of carbonyl (C=O) groups is 2. The van der Waals surface area contributed by atoms with Crippen LogP contribution in [0.15, 0.2) is 84.1 Å². The van der Waals surface area contributed by atoms with Gasteiger partial charge in [-0.1, -0.05) is 32.8 Å². The predicted octanol–water partition coefficient (Wildman–Crippen LogP) is 7.57. The third-order valence-corrected chi connectivity index (χ3v) is 8.28. The van der Waals surface area contributed by atoms with E-state index in [4.69, 9.17) is 14.2 Å². The first-order valence-electron chi connectivity index (χ1n) is 15.5. The van der Waals surface area contributed by atoms with Gasteiger partial charge in [0.15, 0.2) is 18.9 Å². The highest BCUT2D eigenvalue weighted by molar-refractivity contribution is 5.90. The molecule has 1 aromatic carbocycles. The molecule has 0 amide bonds. The lowest BCUT2D eigenvalue weighted by Gasteiger charge is -2.27. The van der Waals surface area contributed by atoms with E-state index in [1.165, 1.54) is 19.3 Å². The number of unbranched alkanes of at least 4 members (excludes halogenated alkanes) is 1. The number of rotatable bonds is 14. The smallest absolute Gasteiger partial charge is 0.343 e. The van der Waals surface area contributed by atoms with Crippen molar-refractivity contribution >= 4 is 17.6 Å². The Kier molecular flexibility index (Phi) is 13.0. The molecule has 0 saturated heterocycles. The Hall–Kier alpha value is -3.87. The third-order valence-electron chi connectivity index (χ3n) is 8.28. The second-order valence-corrected chi connectivity index (χ2v) is 11.6. The van der Waals surface area contributed by atoms with E-state index >= 15 is 0 Å². The van der Waals surface area contributed by atoms with Crippen molar-refractivity contribution in [2.24, 2.45) is 11.8 Å². The van der Waals surface area contributed by atoms with Gasteiger partial charge in [0.05, 0.1) is 11.5 Å². The summed E-state index contributed by atoms with van der Waals surface area (Å²) in [6.45, 7) is 12.9. The fourth-order valence-corrected chi connectivity index (χ4v) is 5.22. The number of benzene rings is 1. The van der Waals surface area contributed by atoms with Gasteiger partial charge in [-0.05, 0) is 93.9 Å². The molecule has 2 aromatic rings. The van der Waals surface area contributed by atoms with Crippen LogP contribution in [-0.4, -0.2) is 32.6 Å². The molecule has 1 fully saturated rings. The van der Waals surface area contributed by atoms with Crippen LogP contribution in [0.4, 0.5) is 5.69 Å². The molecule has 0 spiro atoms. The van der Waals surface area contributed by atoms with Gasteiger partial charge >= 0.3 is 11.9 Å². The van der Waals surface area contributed by atoms with Crippen LogP contribution in [-0.2, 0) is 20.8 Å². The molecule has 7 nitrogen and oxygen atoms in total. The number of anilines is 1. The van der Waals surface area contributed by atoms with Crippen molar-refractivity contribution in [3.8, 4) is 5.75 Å². The minimum Gasteiger partial charge on any atom is -0.487 e. The van der Waals surface area contributed by atoms with Gasteiger partial charge < -0.3 is 19.1 Å². The van der Waals surface area contributed by atoms with Crippen LogP contribution in [0.2, 0.25) is 0 Å². The van der Waals surface area contributed by atoms with Crippen molar-refractivity contribution in [1.82, 2.24) is 0 Å². The highest BCUT2D eigenvalue weighted by atomic mass is 16.5. The normalized spacial score (nSPS) is 17.5. The standard InChI is InChI=1S/C36H49N2O5/c1-8-10-11-29-12-14-30(15-13-29)36(40)43-34(9-2)27(4)26(3)28(5)42-35(39)31-16-18-33(19-17-31)41-25-24-38-22-20-32(21-23-38)37(6)7/h9,16-23,29-30H,5,8,10-15,24-25H2,1-4,6-7H3/q+1/b27-26-,34-9+. The zero-order valence-electron chi connectivity index (χ0n) is 26.9. The number of ether oxygens (including phenoxy) is 3. The summed E-state index contributed by atoms with van der Waals surface area (Å²) in [4.78, 5) is 27.8. The number of aromatic nitrogens is 1. The molecule has 1 aromatic heterocycles. The number of pyridine rings is 1. The summed E-state index contributed by atoms with van der Waals surface area (Å²) in [5.41, 5.74) is 2.89. The van der Waals surface area contributed by atoms with E-state index in [2.05, 4.69) is 35.1 Å². The van der Waals surface area contributed by atoms with Crippen molar-refractivity contribution in [3.05, 3.63) is 89.7 Å². The summed E-state index contributed by atoms with van der Waals surface area (Å²) in [5, 5.41) is 0. The molecule has 0 atom stereocenters. The maximum absolute atomic E-state index is 12.9. The Morgan fingerprint density at radius 3 is 2.21 bits per heavy atom. The molecule has 0 unspecified atom stereocenters. The zero-order chi connectivity index (χ0) is 31.4. The lowest BCUT2D eigenvalue weighted by Crippen LogP contribution is -2.35. The molecule has 0 aliphatic heterocycles. The number of allylic oxidation sites excluding steroid dienone is 3. The van der Waals surface area contributed by atoms with Gasteiger partial charge in [0.1, 0.15) is 23.9 Å². The van der Waals surface area contributed by atoms with Crippen LogP contribution in [0.25, 0.3) is 0 Å². The van der Waals surface area contributed by atoms with Gasteiger partial charge in [0.2, 0.25) is 0 Å². The summed E-state index contributed by atoms with van der Waals surface area (Å²) < 4.78 is 19.3. The summed E-state index contributed by atoms with van der Waals surface area (Å²) in [6.07, 6.45) is 13.5. The number of hydrogen-bond donors (Lipinski definition) is 0. The molecule has 232 valence electrons. The topological polar surface area (TPSA) is 69.0 Å². The highest BCUT2D eigenvalue weighted by Crippen LogP contribution is 2.33. The van der Waals surface area contributed by atoms with Crippen molar-refractivity contribution in [1.29, 1.82) is 0 Å².